The molecule has 6 aromatic carbocycles. The van der Waals surface area contributed by atoms with Crippen molar-refractivity contribution >= 4 is 34.1 Å². The Bertz CT molecular complexity index is 2540. The van der Waals surface area contributed by atoms with Crippen LogP contribution in [0.5, 0.6) is 0 Å². The molecular formula is C58H60F8N2. The first-order chi connectivity index (χ1) is 32.5. The van der Waals surface area contributed by atoms with Crippen LogP contribution in [0.4, 0.5) is 69.2 Å². The maximum absolute atomic E-state index is 17.1. The van der Waals surface area contributed by atoms with E-state index < -0.39 is 79.9 Å². The van der Waals surface area contributed by atoms with E-state index in [4.69, 9.17) is 0 Å². The second-order valence-corrected chi connectivity index (χ2v) is 19.3. The molecule has 0 amide bonds. The summed E-state index contributed by atoms with van der Waals surface area (Å²) in [6.45, 7) is 15.9. The van der Waals surface area contributed by atoms with Crippen LogP contribution in [0.25, 0.3) is 11.1 Å². The van der Waals surface area contributed by atoms with Crippen molar-refractivity contribution < 1.29 is 35.1 Å². The Kier molecular flexibility index (Phi) is 13.7. The molecule has 358 valence electrons. The van der Waals surface area contributed by atoms with Crippen molar-refractivity contribution in [2.45, 2.75) is 143 Å². The maximum atomic E-state index is 17.1. The smallest absolute Gasteiger partial charge is 0.186 e. The summed E-state index contributed by atoms with van der Waals surface area (Å²) in [5.74, 6) is -16.8. The minimum absolute atomic E-state index is 0.281. The van der Waals surface area contributed by atoms with Gasteiger partial charge in [-0.15, -0.1) is 0 Å². The van der Waals surface area contributed by atoms with Crippen LogP contribution in [0, 0.1) is 74.2 Å². The van der Waals surface area contributed by atoms with Gasteiger partial charge in [-0.2, -0.15) is 0 Å². The molecule has 2 aliphatic heterocycles. The second-order valence-electron chi connectivity index (χ2n) is 19.3. The monoisotopic (exact) mass is 936 g/mol. The zero-order valence-corrected chi connectivity index (χ0v) is 40.3. The number of aryl methyl sites for hydroxylation is 4. The van der Waals surface area contributed by atoms with Crippen molar-refractivity contribution in [3.63, 3.8) is 0 Å². The maximum Gasteiger partial charge on any atom is 0.186 e. The van der Waals surface area contributed by atoms with Gasteiger partial charge in [-0.3, -0.25) is 0 Å². The van der Waals surface area contributed by atoms with Gasteiger partial charge in [0.1, 0.15) is 11.4 Å². The molecule has 0 saturated carbocycles. The zero-order valence-electron chi connectivity index (χ0n) is 40.3. The van der Waals surface area contributed by atoms with Crippen molar-refractivity contribution in [3.05, 3.63) is 164 Å². The molecule has 0 aromatic heterocycles. The molecule has 0 unspecified atom stereocenters. The summed E-state index contributed by atoms with van der Waals surface area (Å²) in [4.78, 5) is 2.24. The van der Waals surface area contributed by atoms with E-state index >= 15 is 35.1 Å². The molecule has 8 rings (SSSR count). The van der Waals surface area contributed by atoms with E-state index in [0.717, 1.165) is 106 Å². The molecule has 0 bridgehead atoms. The summed E-state index contributed by atoms with van der Waals surface area (Å²) in [5, 5.41) is 0. The van der Waals surface area contributed by atoms with E-state index in [9.17, 15) is 0 Å². The molecule has 0 radical (unpaired) electrons. The lowest BCUT2D eigenvalue weighted by atomic mass is 9.64. The Labute approximate surface area is 396 Å². The molecule has 0 atom stereocenters. The lowest BCUT2D eigenvalue weighted by Gasteiger charge is -2.46. The average molecular weight is 937 g/mol. The van der Waals surface area contributed by atoms with Crippen LogP contribution in [0.1, 0.15) is 149 Å². The summed E-state index contributed by atoms with van der Waals surface area (Å²) in [6, 6.07) is 21.3. The first-order valence-electron chi connectivity index (χ1n) is 24.3. The van der Waals surface area contributed by atoms with Gasteiger partial charge in [-0.25, -0.2) is 35.1 Å². The first kappa shape index (κ1) is 48.8. The standard InChI is InChI=1S/C58H60F8N2/c1-9-13-25-57(26-14-10-2)37-29-33(5)17-21-41(37)67(42-22-18-34(6)30-38(42)57)55-51(63)47(59)45(48(60)52(55)64)46-49(61)53(65)56(54(66)50(46)62)68-43-23-19-35(7)31-39(43)58(27-15-11-3,28-16-12-4)40-32-36(8)20-24-44(40)68/h17-24,29-32H,9-16,25-28H2,1-8H3. The third-order valence-corrected chi connectivity index (χ3v) is 14.6. The van der Waals surface area contributed by atoms with E-state index in [2.05, 4.69) is 27.7 Å². The largest absolute Gasteiger partial charge is 0.304 e. The van der Waals surface area contributed by atoms with E-state index in [1.165, 1.54) is 0 Å². The number of unbranched alkanes of at least 4 members (excludes halogenated alkanes) is 4. The fourth-order valence-electron chi connectivity index (χ4n) is 11.3. The molecular weight excluding hydrogens is 877 g/mol. The van der Waals surface area contributed by atoms with Crippen molar-refractivity contribution in [1.82, 2.24) is 0 Å². The Morgan fingerprint density at radius 2 is 0.559 bits per heavy atom. The van der Waals surface area contributed by atoms with Crippen LogP contribution < -0.4 is 9.80 Å². The quantitative estimate of drug-likeness (QED) is 0.0748. The van der Waals surface area contributed by atoms with Gasteiger partial charge >= 0.3 is 0 Å². The van der Waals surface area contributed by atoms with Crippen molar-refractivity contribution in [1.29, 1.82) is 0 Å². The van der Waals surface area contributed by atoms with Gasteiger partial charge in [0.05, 0.1) is 33.9 Å². The fraction of sp³-hybridized carbons (Fsp3) is 0.379. The van der Waals surface area contributed by atoms with Gasteiger partial charge in [0, 0.05) is 10.8 Å². The molecule has 0 N–H and O–H groups in total. The number of hydrogen-bond donors (Lipinski definition) is 0. The molecule has 2 nitrogen and oxygen atoms in total. The molecule has 68 heavy (non-hydrogen) atoms. The Hall–Kier alpha value is -5.64. The predicted molar refractivity (Wildman–Crippen MR) is 260 cm³/mol. The highest BCUT2D eigenvalue weighted by Gasteiger charge is 2.48. The molecule has 10 heteroatoms. The third-order valence-electron chi connectivity index (χ3n) is 14.6. The Morgan fingerprint density at radius 3 is 0.765 bits per heavy atom. The van der Waals surface area contributed by atoms with Crippen molar-refractivity contribution in [2.24, 2.45) is 0 Å². The number of benzene rings is 6. The lowest BCUT2D eigenvalue weighted by Crippen LogP contribution is -2.37. The van der Waals surface area contributed by atoms with Crippen LogP contribution >= 0.6 is 0 Å². The lowest BCUT2D eigenvalue weighted by molar-refractivity contribution is 0.401. The first-order valence-corrected chi connectivity index (χ1v) is 24.3. The number of fused-ring (bicyclic) bond motifs is 4. The van der Waals surface area contributed by atoms with Crippen LogP contribution in [0.3, 0.4) is 0 Å². The van der Waals surface area contributed by atoms with Gasteiger partial charge in [0.25, 0.3) is 0 Å². The molecule has 0 saturated heterocycles. The highest BCUT2D eigenvalue weighted by molar-refractivity contribution is 5.90. The highest BCUT2D eigenvalue weighted by atomic mass is 19.2. The van der Waals surface area contributed by atoms with Gasteiger partial charge < -0.3 is 9.80 Å². The van der Waals surface area contributed by atoms with Gasteiger partial charge in [0.2, 0.25) is 0 Å². The average Bonchev–Trinajstić information content (AvgIpc) is 3.32. The Morgan fingerprint density at radius 1 is 0.338 bits per heavy atom. The summed E-state index contributed by atoms with van der Waals surface area (Å²) < 4.78 is 136. The van der Waals surface area contributed by atoms with Crippen molar-refractivity contribution in [2.75, 3.05) is 9.80 Å². The molecule has 0 fully saturated rings. The summed E-state index contributed by atoms with van der Waals surface area (Å²) in [5.41, 5.74) is 0.0393. The predicted octanol–water partition coefficient (Wildman–Crippen LogP) is 18.6. The van der Waals surface area contributed by atoms with E-state index in [1.54, 1.807) is 48.5 Å². The van der Waals surface area contributed by atoms with Crippen molar-refractivity contribution in [3.8, 4) is 11.1 Å². The number of halogens is 8. The molecule has 6 aromatic rings. The molecule has 0 spiro atoms. The molecule has 2 heterocycles. The van der Waals surface area contributed by atoms with Gasteiger partial charge in [-0.1, -0.05) is 150 Å². The minimum Gasteiger partial charge on any atom is -0.304 e. The topological polar surface area (TPSA) is 6.48 Å². The zero-order chi connectivity index (χ0) is 49.0. The summed E-state index contributed by atoms with van der Waals surface area (Å²) in [6.07, 6.45) is 9.52. The number of anilines is 6. The highest BCUT2D eigenvalue weighted by Crippen LogP contribution is 2.60. The summed E-state index contributed by atoms with van der Waals surface area (Å²) in [7, 11) is 0. The van der Waals surface area contributed by atoms with Gasteiger partial charge in [0.15, 0.2) is 46.5 Å². The van der Waals surface area contributed by atoms with E-state index in [1.807, 2.05) is 52.0 Å². The van der Waals surface area contributed by atoms with E-state index in [-0.39, 0.29) is 22.7 Å². The van der Waals surface area contributed by atoms with Crippen LogP contribution in [0.15, 0.2) is 72.8 Å². The van der Waals surface area contributed by atoms with Crippen LogP contribution in [-0.4, -0.2) is 0 Å². The number of nitrogens with zero attached hydrogens (tertiary/aromatic N) is 2. The van der Waals surface area contributed by atoms with Gasteiger partial charge in [-0.05, 0) is 99.9 Å². The second kappa shape index (κ2) is 19.0. The third kappa shape index (κ3) is 7.68. The number of rotatable bonds is 15. The molecule has 2 aliphatic rings. The fourth-order valence-corrected chi connectivity index (χ4v) is 11.3. The minimum atomic E-state index is -2.21. The van der Waals surface area contributed by atoms with E-state index in [0.29, 0.717) is 25.7 Å². The Balaban J connectivity index is 1.35. The normalized spacial score (nSPS) is 14.5. The van der Waals surface area contributed by atoms with Crippen LogP contribution in [0.2, 0.25) is 0 Å². The molecule has 0 aliphatic carbocycles. The SMILES string of the molecule is CCCCC1(CCCC)c2cc(C)ccc2N(c2c(F)c(F)c(-c3c(F)c(F)c(N4c5ccc(C)cc5C(CCCC)(CCCC)c5cc(C)ccc54)c(F)c3F)c(F)c2F)c2ccc(C)cc21. The van der Waals surface area contributed by atoms with Crippen LogP contribution in [-0.2, 0) is 10.8 Å². The number of hydrogen-bond acceptors (Lipinski definition) is 2. The summed E-state index contributed by atoms with van der Waals surface area (Å²) >= 11 is 0.